The fourth-order valence-electron chi connectivity index (χ4n) is 3.52. The highest BCUT2D eigenvalue weighted by Gasteiger charge is 2.18. The Morgan fingerprint density at radius 3 is 2.64 bits per heavy atom. The van der Waals surface area contributed by atoms with E-state index in [0.717, 1.165) is 47.3 Å². The van der Waals surface area contributed by atoms with Crippen molar-refractivity contribution in [3.05, 3.63) is 51.5 Å². The van der Waals surface area contributed by atoms with E-state index in [9.17, 15) is 0 Å². The maximum atomic E-state index is 5.71. The molecule has 0 aliphatic heterocycles. The third kappa shape index (κ3) is 3.60. The van der Waals surface area contributed by atoms with Crippen LogP contribution < -0.4 is 10.5 Å². The maximum Gasteiger partial charge on any atom is 0.128 e. The van der Waals surface area contributed by atoms with Crippen LogP contribution in [0.5, 0.6) is 5.75 Å². The Morgan fingerprint density at radius 2 is 1.92 bits per heavy atom. The molecule has 0 unspecified atom stereocenters. The summed E-state index contributed by atoms with van der Waals surface area (Å²) in [5.41, 5.74) is 13.1. The van der Waals surface area contributed by atoms with Crippen molar-refractivity contribution < 1.29 is 4.74 Å². The average molecular weight is 401 g/mol. The van der Waals surface area contributed by atoms with E-state index in [0.29, 0.717) is 0 Å². The molecule has 1 aromatic heterocycles. The van der Waals surface area contributed by atoms with Gasteiger partial charge in [-0.25, -0.2) is 0 Å². The molecule has 0 atom stereocenters. The first kappa shape index (κ1) is 18.0. The highest BCUT2D eigenvalue weighted by molar-refractivity contribution is 9.10. The van der Waals surface area contributed by atoms with Crippen LogP contribution in [0.2, 0.25) is 0 Å². The summed E-state index contributed by atoms with van der Waals surface area (Å²) >= 11 is 3.60. The SMILES string of the molecule is COc1ccc(Br)cc1-c1[nH]c2c(C)cc(C)cc2c1CCCCN. The van der Waals surface area contributed by atoms with Crippen molar-refractivity contribution in [2.75, 3.05) is 13.7 Å². The van der Waals surface area contributed by atoms with Crippen LogP contribution >= 0.6 is 15.9 Å². The molecule has 3 aromatic rings. The molecule has 0 amide bonds. The number of halogens is 1. The Balaban J connectivity index is 2.25. The minimum Gasteiger partial charge on any atom is -0.496 e. The number of hydrogen-bond donors (Lipinski definition) is 2. The summed E-state index contributed by atoms with van der Waals surface area (Å²) in [4.78, 5) is 3.67. The zero-order valence-corrected chi connectivity index (χ0v) is 16.7. The van der Waals surface area contributed by atoms with Crippen LogP contribution in [-0.2, 0) is 6.42 Å². The van der Waals surface area contributed by atoms with Crippen molar-refractivity contribution in [1.82, 2.24) is 4.98 Å². The summed E-state index contributed by atoms with van der Waals surface area (Å²) in [5, 5.41) is 1.31. The second kappa shape index (κ2) is 7.63. The number of unbranched alkanes of at least 4 members (excludes halogenated alkanes) is 1. The first-order valence-electron chi connectivity index (χ1n) is 8.71. The smallest absolute Gasteiger partial charge is 0.128 e. The van der Waals surface area contributed by atoms with Crippen LogP contribution in [0.15, 0.2) is 34.8 Å². The van der Waals surface area contributed by atoms with E-state index in [2.05, 4.69) is 53.0 Å². The first-order chi connectivity index (χ1) is 12.0. The summed E-state index contributed by atoms with van der Waals surface area (Å²) in [5.74, 6) is 0.879. The van der Waals surface area contributed by atoms with E-state index >= 15 is 0 Å². The fourth-order valence-corrected chi connectivity index (χ4v) is 3.88. The number of ether oxygens (including phenoxy) is 1. The lowest BCUT2D eigenvalue weighted by atomic mass is 9.98. The summed E-state index contributed by atoms with van der Waals surface area (Å²) in [6.07, 6.45) is 3.12. The van der Waals surface area contributed by atoms with E-state index in [1.165, 1.54) is 27.6 Å². The van der Waals surface area contributed by atoms with E-state index in [-0.39, 0.29) is 0 Å². The van der Waals surface area contributed by atoms with Crippen LogP contribution in [0.3, 0.4) is 0 Å². The third-order valence-electron chi connectivity index (χ3n) is 4.67. The highest BCUT2D eigenvalue weighted by Crippen LogP contribution is 2.39. The van der Waals surface area contributed by atoms with Gasteiger partial charge in [0, 0.05) is 20.9 Å². The van der Waals surface area contributed by atoms with Crippen molar-refractivity contribution >= 4 is 26.8 Å². The Labute approximate surface area is 157 Å². The molecule has 0 spiro atoms. The zero-order valence-electron chi connectivity index (χ0n) is 15.1. The van der Waals surface area contributed by atoms with Gasteiger partial charge in [0.15, 0.2) is 0 Å². The number of methoxy groups -OCH3 is 1. The number of aromatic amines is 1. The van der Waals surface area contributed by atoms with Crippen LogP contribution in [0, 0.1) is 13.8 Å². The van der Waals surface area contributed by atoms with Gasteiger partial charge in [0.05, 0.1) is 12.8 Å². The van der Waals surface area contributed by atoms with Crippen LogP contribution in [0.1, 0.15) is 29.5 Å². The minimum absolute atomic E-state index is 0.732. The molecule has 3 N–H and O–H groups in total. The van der Waals surface area contributed by atoms with Gasteiger partial charge >= 0.3 is 0 Å². The largest absolute Gasteiger partial charge is 0.496 e. The second-order valence-corrected chi connectivity index (χ2v) is 7.49. The number of aromatic nitrogens is 1. The number of hydrogen-bond acceptors (Lipinski definition) is 2. The molecule has 0 saturated heterocycles. The number of H-pyrrole nitrogens is 1. The number of fused-ring (bicyclic) bond motifs is 1. The van der Waals surface area contributed by atoms with Gasteiger partial charge in [-0.15, -0.1) is 0 Å². The van der Waals surface area contributed by atoms with Crippen molar-refractivity contribution in [2.45, 2.75) is 33.1 Å². The van der Waals surface area contributed by atoms with E-state index in [4.69, 9.17) is 10.5 Å². The lowest BCUT2D eigenvalue weighted by molar-refractivity contribution is 0.416. The lowest BCUT2D eigenvalue weighted by Crippen LogP contribution is -1.99. The third-order valence-corrected chi connectivity index (χ3v) is 5.16. The zero-order chi connectivity index (χ0) is 18.0. The molecule has 3 nitrogen and oxygen atoms in total. The van der Waals surface area contributed by atoms with Gasteiger partial charge in [0.2, 0.25) is 0 Å². The van der Waals surface area contributed by atoms with Crippen LogP contribution in [0.25, 0.3) is 22.2 Å². The van der Waals surface area contributed by atoms with Crippen LogP contribution in [-0.4, -0.2) is 18.6 Å². The molecule has 0 aliphatic carbocycles. The van der Waals surface area contributed by atoms with Crippen LogP contribution in [0.4, 0.5) is 0 Å². The molecule has 0 fully saturated rings. The van der Waals surface area contributed by atoms with E-state index in [1.807, 2.05) is 12.1 Å². The molecule has 132 valence electrons. The molecular formula is C21H25BrN2O. The van der Waals surface area contributed by atoms with E-state index in [1.54, 1.807) is 7.11 Å². The maximum absolute atomic E-state index is 5.71. The molecule has 0 radical (unpaired) electrons. The molecule has 25 heavy (non-hydrogen) atoms. The normalized spacial score (nSPS) is 11.2. The van der Waals surface area contributed by atoms with Gasteiger partial charge in [0.1, 0.15) is 5.75 Å². The number of nitrogens with two attached hydrogens (primary N) is 1. The summed E-state index contributed by atoms with van der Waals surface area (Å²) in [7, 11) is 1.72. The Hall–Kier alpha value is -1.78. The molecular weight excluding hydrogens is 376 g/mol. The highest BCUT2D eigenvalue weighted by atomic mass is 79.9. The molecule has 1 heterocycles. The van der Waals surface area contributed by atoms with Gasteiger partial charge in [-0.2, -0.15) is 0 Å². The van der Waals surface area contributed by atoms with Gasteiger partial charge in [-0.05, 0) is 75.0 Å². The van der Waals surface area contributed by atoms with Crippen molar-refractivity contribution in [3.63, 3.8) is 0 Å². The monoisotopic (exact) mass is 400 g/mol. The number of nitrogens with one attached hydrogen (secondary N) is 1. The first-order valence-corrected chi connectivity index (χ1v) is 9.50. The Kier molecular flexibility index (Phi) is 5.50. The summed E-state index contributed by atoms with van der Waals surface area (Å²) in [6.45, 7) is 5.05. The van der Waals surface area contributed by atoms with Gasteiger partial charge < -0.3 is 15.5 Å². The van der Waals surface area contributed by atoms with Crippen molar-refractivity contribution in [3.8, 4) is 17.0 Å². The molecule has 0 saturated carbocycles. The second-order valence-electron chi connectivity index (χ2n) is 6.57. The number of aryl methyl sites for hydroxylation is 3. The van der Waals surface area contributed by atoms with Crippen molar-refractivity contribution in [1.29, 1.82) is 0 Å². The topological polar surface area (TPSA) is 51.0 Å². The average Bonchev–Trinajstić information content (AvgIpc) is 2.94. The van der Waals surface area contributed by atoms with Gasteiger partial charge in [0.25, 0.3) is 0 Å². The predicted octanol–water partition coefficient (Wildman–Crippen LogP) is 5.50. The fraction of sp³-hybridized carbons (Fsp3) is 0.333. The van der Waals surface area contributed by atoms with Crippen molar-refractivity contribution in [2.24, 2.45) is 5.73 Å². The van der Waals surface area contributed by atoms with Gasteiger partial charge in [-0.3, -0.25) is 0 Å². The molecule has 0 aliphatic rings. The molecule has 4 heteroatoms. The predicted molar refractivity (Wildman–Crippen MR) is 109 cm³/mol. The van der Waals surface area contributed by atoms with Gasteiger partial charge in [-0.1, -0.05) is 27.6 Å². The Morgan fingerprint density at radius 1 is 1.12 bits per heavy atom. The molecule has 2 aromatic carbocycles. The lowest BCUT2D eigenvalue weighted by Gasteiger charge is -2.10. The molecule has 0 bridgehead atoms. The van der Waals surface area contributed by atoms with E-state index < -0.39 is 0 Å². The number of rotatable bonds is 6. The number of benzene rings is 2. The minimum atomic E-state index is 0.732. The molecule has 3 rings (SSSR count). The Bertz CT molecular complexity index is 899. The quantitative estimate of drug-likeness (QED) is 0.536. The summed E-state index contributed by atoms with van der Waals surface area (Å²) < 4.78 is 6.67. The standard InChI is InChI=1S/C21H25BrN2O/c1-13-10-14(2)20-17(11-13)16(6-4-5-9-23)21(24-20)18-12-15(22)7-8-19(18)25-3/h7-8,10-12,24H,4-6,9,23H2,1-3H3. The summed E-state index contributed by atoms with van der Waals surface area (Å²) in [6, 6.07) is 10.6.